The van der Waals surface area contributed by atoms with Crippen LogP contribution in [0.2, 0.25) is 0 Å². The molecule has 1 aromatic heterocycles. The molecule has 0 atom stereocenters. The van der Waals surface area contributed by atoms with Gasteiger partial charge in [0.05, 0.1) is 17.1 Å². The zero-order valence-corrected chi connectivity index (χ0v) is 20.9. The summed E-state index contributed by atoms with van der Waals surface area (Å²) in [6, 6.07) is 30.9. The number of hydrogen-bond acceptors (Lipinski definition) is 4. The van der Waals surface area contributed by atoms with Gasteiger partial charge in [-0.2, -0.15) is 5.10 Å². The van der Waals surface area contributed by atoms with Gasteiger partial charge in [-0.05, 0) is 24.3 Å². The standard InChI is InChI=1S/C31H17BrN2O3/c32-19-10-8-9-18(17-19)26-25-27(34(33-26)20-11-2-1-3-12-20)21-13-4-5-14-22(21)28(35)31(25)29(36)23-15-6-7-16-24(23)30(31)37/h1-17H. The number of halogens is 1. The summed E-state index contributed by atoms with van der Waals surface area (Å²) in [5.41, 5.74) is 2.26. The molecule has 5 aromatic rings. The number of rotatable bonds is 2. The summed E-state index contributed by atoms with van der Waals surface area (Å²) < 4.78 is 2.57. The van der Waals surface area contributed by atoms with Crippen LogP contribution in [0.25, 0.3) is 28.2 Å². The number of benzene rings is 4. The van der Waals surface area contributed by atoms with Crippen molar-refractivity contribution in [1.82, 2.24) is 9.78 Å². The summed E-state index contributed by atoms with van der Waals surface area (Å²) in [6.07, 6.45) is 0. The molecule has 0 aliphatic heterocycles. The molecule has 0 radical (unpaired) electrons. The predicted octanol–water partition coefficient (Wildman–Crippen LogP) is 6.48. The maximum absolute atomic E-state index is 14.4. The highest BCUT2D eigenvalue weighted by molar-refractivity contribution is 9.10. The van der Waals surface area contributed by atoms with Crippen LogP contribution in [0.1, 0.15) is 36.6 Å². The fourth-order valence-corrected chi connectivity index (χ4v) is 6.04. The molecule has 2 aliphatic carbocycles. The topological polar surface area (TPSA) is 69.0 Å². The van der Waals surface area contributed by atoms with E-state index in [-0.39, 0.29) is 11.1 Å². The number of fused-ring (bicyclic) bond motifs is 5. The number of carbonyl (C=O) groups is 3. The number of para-hydroxylation sites is 1. The van der Waals surface area contributed by atoms with Crippen LogP contribution in [0.5, 0.6) is 0 Å². The first-order valence-electron chi connectivity index (χ1n) is 11.8. The Bertz CT molecular complexity index is 1770. The summed E-state index contributed by atoms with van der Waals surface area (Å²) in [7, 11) is 0. The summed E-state index contributed by atoms with van der Waals surface area (Å²) in [6.45, 7) is 0. The van der Waals surface area contributed by atoms with E-state index >= 15 is 0 Å². The Morgan fingerprint density at radius 2 is 1.16 bits per heavy atom. The molecule has 2 aliphatic rings. The van der Waals surface area contributed by atoms with Gasteiger partial charge in [-0.25, -0.2) is 4.68 Å². The second kappa shape index (κ2) is 7.79. The molecule has 0 N–H and O–H groups in total. The van der Waals surface area contributed by atoms with Crippen LogP contribution < -0.4 is 0 Å². The fourth-order valence-electron chi connectivity index (χ4n) is 5.64. The van der Waals surface area contributed by atoms with Gasteiger partial charge in [0.2, 0.25) is 0 Å². The van der Waals surface area contributed by atoms with Crippen molar-refractivity contribution in [2.75, 3.05) is 0 Å². The first kappa shape index (κ1) is 21.8. The lowest BCUT2D eigenvalue weighted by Crippen LogP contribution is -2.48. The Morgan fingerprint density at radius 1 is 0.622 bits per heavy atom. The molecule has 37 heavy (non-hydrogen) atoms. The highest BCUT2D eigenvalue weighted by Crippen LogP contribution is 2.53. The van der Waals surface area contributed by atoms with Crippen LogP contribution in [-0.4, -0.2) is 27.1 Å². The third-order valence-electron chi connectivity index (χ3n) is 7.22. The van der Waals surface area contributed by atoms with E-state index in [4.69, 9.17) is 5.10 Å². The van der Waals surface area contributed by atoms with Crippen LogP contribution in [0.3, 0.4) is 0 Å². The Kier molecular flexibility index (Phi) is 4.59. The molecular formula is C31H17BrN2O3. The lowest BCUT2D eigenvalue weighted by molar-refractivity contribution is 0.0708. The molecule has 0 saturated heterocycles. The fraction of sp³-hybridized carbons (Fsp3) is 0.0323. The van der Waals surface area contributed by atoms with Gasteiger partial charge in [0, 0.05) is 37.9 Å². The molecule has 1 spiro atoms. The molecule has 0 fully saturated rings. The summed E-state index contributed by atoms with van der Waals surface area (Å²) >= 11 is 3.53. The zero-order valence-electron chi connectivity index (χ0n) is 19.3. The largest absolute Gasteiger partial charge is 0.292 e. The summed E-state index contributed by atoms with van der Waals surface area (Å²) in [5.74, 6) is -1.51. The smallest absolute Gasteiger partial charge is 0.190 e. The van der Waals surface area contributed by atoms with Crippen molar-refractivity contribution in [2.24, 2.45) is 0 Å². The molecule has 0 unspecified atom stereocenters. The minimum absolute atomic E-state index is 0.263. The average molecular weight is 545 g/mol. The summed E-state index contributed by atoms with van der Waals surface area (Å²) in [4.78, 5) is 43.0. The van der Waals surface area contributed by atoms with Crippen molar-refractivity contribution in [2.45, 2.75) is 5.41 Å². The molecule has 4 aromatic carbocycles. The van der Waals surface area contributed by atoms with E-state index in [2.05, 4.69) is 15.9 Å². The second-order valence-corrected chi connectivity index (χ2v) is 10.1. The molecule has 0 amide bonds. The van der Waals surface area contributed by atoms with Crippen molar-refractivity contribution in [3.63, 3.8) is 0 Å². The van der Waals surface area contributed by atoms with E-state index < -0.39 is 22.8 Å². The van der Waals surface area contributed by atoms with E-state index in [0.29, 0.717) is 33.6 Å². The molecule has 7 rings (SSSR count). The van der Waals surface area contributed by atoms with Crippen LogP contribution in [0.4, 0.5) is 0 Å². The van der Waals surface area contributed by atoms with Gasteiger partial charge >= 0.3 is 0 Å². The number of carbonyl (C=O) groups excluding carboxylic acids is 3. The van der Waals surface area contributed by atoms with E-state index in [1.165, 1.54) is 0 Å². The SMILES string of the molecule is O=C1c2ccccc2C(=O)C12C(=O)c1ccccc1-c1c2c(-c2cccc(Br)c2)nn1-c1ccccc1. The van der Waals surface area contributed by atoms with Gasteiger partial charge < -0.3 is 0 Å². The Hall–Kier alpha value is -4.42. The minimum atomic E-state index is -2.04. The van der Waals surface area contributed by atoms with Gasteiger partial charge in [-0.15, -0.1) is 0 Å². The lowest BCUT2D eigenvalue weighted by Gasteiger charge is -2.31. The lowest BCUT2D eigenvalue weighted by atomic mass is 9.64. The third-order valence-corrected chi connectivity index (χ3v) is 7.72. The maximum Gasteiger partial charge on any atom is 0.190 e. The Morgan fingerprint density at radius 3 is 1.76 bits per heavy atom. The number of hydrogen-bond donors (Lipinski definition) is 0. The number of Topliss-reactive ketones (excluding diaryl/α,β-unsaturated/α-hetero) is 3. The van der Waals surface area contributed by atoms with Gasteiger partial charge in [-0.3, -0.25) is 14.4 Å². The molecule has 176 valence electrons. The maximum atomic E-state index is 14.4. The second-order valence-electron chi connectivity index (χ2n) is 9.16. The van der Waals surface area contributed by atoms with Crippen LogP contribution in [0.15, 0.2) is 108 Å². The molecule has 6 heteroatoms. The monoisotopic (exact) mass is 544 g/mol. The van der Waals surface area contributed by atoms with E-state index in [1.54, 1.807) is 41.1 Å². The molecule has 0 saturated carbocycles. The van der Waals surface area contributed by atoms with Crippen LogP contribution >= 0.6 is 15.9 Å². The highest BCUT2D eigenvalue weighted by atomic mass is 79.9. The van der Waals surface area contributed by atoms with Crippen molar-refractivity contribution < 1.29 is 14.4 Å². The predicted molar refractivity (Wildman–Crippen MR) is 143 cm³/mol. The van der Waals surface area contributed by atoms with E-state index in [9.17, 15) is 14.4 Å². The first-order chi connectivity index (χ1) is 18.0. The van der Waals surface area contributed by atoms with Crippen molar-refractivity contribution in [3.8, 4) is 28.2 Å². The Balaban J connectivity index is 1.68. The number of nitrogens with zero attached hydrogens (tertiary/aromatic N) is 2. The van der Waals surface area contributed by atoms with Gasteiger partial charge in [-0.1, -0.05) is 94.8 Å². The average Bonchev–Trinajstić information content (AvgIpc) is 3.43. The highest BCUT2D eigenvalue weighted by Gasteiger charge is 2.64. The van der Waals surface area contributed by atoms with E-state index in [0.717, 1.165) is 10.2 Å². The van der Waals surface area contributed by atoms with Crippen molar-refractivity contribution in [1.29, 1.82) is 0 Å². The number of ketones is 3. The van der Waals surface area contributed by atoms with Gasteiger partial charge in [0.25, 0.3) is 0 Å². The molecular weight excluding hydrogens is 528 g/mol. The molecule has 0 bridgehead atoms. The van der Waals surface area contributed by atoms with Crippen molar-refractivity contribution in [3.05, 3.63) is 130 Å². The van der Waals surface area contributed by atoms with Crippen molar-refractivity contribution >= 4 is 33.3 Å². The zero-order chi connectivity index (χ0) is 25.3. The minimum Gasteiger partial charge on any atom is -0.292 e. The molecule has 5 nitrogen and oxygen atoms in total. The van der Waals surface area contributed by atoms with Gasteiger partial charge in [0.1, 0.15) is 0 Å². The van der Waals surface area contributed by atoms with Crippen LogP contribution in [0, 0.1) is 0 Å². The Labute approximate surface area is 220 Å². The number of aromatic nitrogens is 2. The first-order valence-corrected chi connectivity index (χ1v) is 12.6. The normalized spacial score (nSPS) is 15.0. The summed E-state index contributed by atoms with van der Waals surface area (Å²) in [5, 5.41) is 5.00. The molecule has 1 heterocycles. The van der Waals surface area contributed by atoms with E-state index in [1.807, 2.05) is 66.7 Å². The quantitative estimate of drug-likeness (QED) is 0.238. The van der Waals surface area contributed by atoms with Gasteiger partial charge in [0.15, 0.2) is 22.8 Å². The van der Waals surface area contributed by atoms with Crippen LogP contribution in [-0.2, 0) is 5.41 Å². The third kappa shape index (κ3) is 2.79.